The van der Waals surface area contributed by atoms with Crippen LogP contribution in [0.4, 0.5) is 5.82 Å². The fraction of sp³-hybridized carbons (Fsp3) is 0. The SMILES string of the molecule is O=C(Nc1c(-c2ccccc2)nc2sccn12)c1ccncc1. The maximum atomic E-state index is 12.5. The van der Waals surface area contributed by atoms with Crippen LogP contribution in [-0.4, -0.2) is 20.3 Å². The molecule has 0 radical (unpaired) electrons. The number of amides is 1. The molecule has 0 saturated carbocycles. The van der Waals surface area contributed by atoms with Crippen LogP contribution in [0.3, 0.4) is 0 Å². The molecule has 4 aromatic rings. The summed E-state index contributed by atoms with van der Waals surface area (Å²) in [5, 5.41) is 4.92. The van der Waals surface area contributed by atoms with E-state index in [4.69, 9.17) is 0 Å². The smallest absolute Gasteiger partial charge is 0.256 e. The number of thiazole rings is 1. The number of anilines is 1. The lowest BCUT2D eigenvalue weighted by Crippen LogP contribution is -2.13. The van der Waals surface area contributed by atoms with E-state index in [-0.39, 0.29) is 5.91 Å². The van der Waals surface area contributed by atoms with Crippen molar-refractivity contribution in [1.82, 2.24) is 14.4 Å². The Bertz CT molecular complexity index is 960. The molecule has 0 saturated heterocycles. The third kappa shape index (κ3) is 2.49. The van der Waals surface area contributed by atoms with Gasteiger partial charge in [-0.2, -0.15) is 0 Å². The van der Waals surface area contributed by atoms with Crippen molar-refractivity contribution in [2.24, 2.45) is 0 Å². The van der Waals surface area contributed by atoms with Gasteiger partial charge in [0.05, 0.1) is 0 Å². The zero-order chi connectivity index (χ0) is 15.6. The highest BCUT2D eigenvalue weighted by molar-refractivity contribution is 7.15. The molecule has 112 valence electrons. The number of carbonyl (C=O) groups excluding carboxylic acids is 1. The van der Waals surface area contributed by atoms with Crippen molar-refractivity contribution >= 4 is 28.0 Å². The van der Waals surface area contributed by atoms with E-state index >= 15 is 0 Å². The highest BCUT2D eigenvalue weighted by atomic mass is 32.1. The van der Waals surface area contributed by atoms with Gasteiger partial charge in [-0.15, -0.1) is 11.3 Å². The molecule has 0 fully saturated rings. The van der Waals surface area contributed by atoms with E-state index in [2.05, 4.69) is 15.3 Å². The molecule has 1 aromatic carbocycles. The standard InChI is InChI=1S/C17H12N4OS/c22-16(13-6-8-18-9-7-13)20-15-14(12-4-2-1-3-5-12)19-17-21(15)10-11-23-17/h1-11H,(H,20,22). The first-order chi connectivity index (χ1) is 11.3. The number of pyridine rings is 1. The van der Waals surface area contributed by atoms with Crippen molar-refractivity contribution in [2.45, 2.75) is 0 Å². The number of aromatic nitrogens is 3. The van der Waals surface area contributed by atoms with Crippen LogP contribution in [0.5, 0.6) is 0 Å². The van der Waals surface area contributed by atoms with E-state index < -0.39 is 0 Å². The molecular formula is C17H12N4OS. The van der Waals surface area contributed by atoms with Crippen molar-refractivity contribution in [2.75, 3.05) is 5.32 Å². The Kier molecular flexibility index (Phi) is 3.36. The summed E-state index contributed by atoms with van der Waals surface area (Å²) >= 11 is 1.53. The fourth-order valence-electron chi connectivity index (χ4n) is 2.39. The third-order valence-corrected chi connectivity index (χ3v) is 4.24. The second kappa shape index (κ2) is 5.66. The van der Waals surface area contributed by atoms with Gasteiger partial charge < -0.3 is 5.32 Å². The molecule has 4 rings (SSSR count). The van der Waals surface area contributed by atoms with Crippen LogP contribution in [0.25, 0.3) is 16.2 Å². The van der Waals surface area contributed by atoms with E-state index in [1.165, 1.54) is 11.3 Å². The molecule has 0 bridgehead atoms. The number of rotatable bonds is 3. The number of imidazole rings is 1. The van der Waals surface area contributed by atoms with Gasteiger partial charge in [-0.1, -0.05) is 30.3 Å². The highest BCUT2D eigenvalue weighted by Gasteiger charge is 2.17. The number of hydrogen-bond donors (Lipinski definition) is 1. The predicted molar refractivity (Wildman–Crippen MR) is 90.7 cm³/mol. The lowest BCUT2D eigenvalue weighted by Gasteiger charge is -2.07. The first kappa shape index (κ1) is 13.7. The maximum absolute atomic E-state index is 12.5. The van der Waals surface area contributed by atoms with E-state index in [0.29, 0.717) is 11.4 Å². The molecule has 3 aromatic heterocycles. The van der Waals surface area contributed by atoms with Crippen LogP contribution in [0, 0.1) is 0 Å². The molecule has 3 heterocycles. The minimum atomic E-state index is -0.183. The fourth-order valence-corrected chi connectivity index (χ4v) is 3.10. The quantitative estimate of drug-likeness (QED) is 0.626. The van der Waals surface area contributed by atoms with Gasteiger partial charge in [0.15, 0.2) is 4.96 Å². The van der Waals surface area contributed by atoms with E-state index in [0.717, 1.165) is 16.2 Å². The normalized spacial score (nSPS) is 10.8. The molecule has 0 atom stereocenters. The van der Waals surface area contributed by atoms with Gasteiger partial charge in [0.25, 0.3) is 5.91 Å². The van der Waals surface area contributed by atoms with E-state index in [9.17, 15) is 4.79 Å². The zero-order valence-electron chi connectivity index (χ0n) is 12.0. The second-order valence-corrected chi connectivity index (χ2v) is 5.79. The summed E-state index contributed by atoms with van der Waals surface area (Å²) in [7, 11) is 0. The molecule has 0 aliphatic rings. The van der Waals surface area contributed by atoms with Crippen molar-refractivity contribution in [3.8, 4) is 11.3 Å². The van der Waals surface area contributed by atoms with Gasteiger partial charge in [0.2, 0.25) is 0 Å². The number of benzene rings is 1. The average Bonchev–Trinajstić information content (AvgIpc) is 3.19. The summed E-state index contributed by atoms with van der Waals surface area (Å²) in [6.07, 6.45) is 5.11. The van der Waals surface area contributed by atoms with Crippen LogP contribution < -0.4 is 5.32 Å². The van der Waals surface area contributed by atoms with Crippen LogP contribution in [0.1, 0.15) is 10.4 Å². The molecule has 23 heavy (non-hydrogen) atoms. The molecule has 6 heteroatoms. The van der Waals surface area contributed by atoms with E-state index in [1.807, 2.05) is 46.3 Å². The minimum Gasteiger partial charge on any atom is -0.306 e. The minimum absolute atomic E-state index is 0.183. The Hall–Kier alpha value is -2.99. The molecule has 0 spiro atoms. The third-order valence-electron chi connectivity index (χ3n) is 3.48. The molecule has 5 nitrogen and oxygen atoms in total. The Balaban J connectivity index is 1.79. The molecule has 1 amide bonds. The van der Waals surface area contributed by atoms with Gasteiger partial charge in [0, 0.05) is 35.1 Å². The Morgan fingerprint density at radius 2 is 1.87 bits per heavy atom. The lowest BCUT2D eigenvalue weighted by molar-refractivity contribution is 0.102. The monoisotopic (exact) mass is 320 g/mol. The van der Waals surface area contributed by atoms with E-state index in [1.54, 1.807) is 24.5 Å². The van der Waals surface area contributed by atoms with Gasteiger partial charge in [-0.3, -0.25) is 14.2 Å². The van der Waals surface area contributed by atoms with Gasteiger partial charge in [-0.05, 0) is 12.1 Å². The molecule has 0 aliphatic heterocycles. The molecule has 1 N–H and O–H groups in total. The second-order valence-electron chi connectivity index (χ2n) is 4.92. The summed E-state index contributed by atoms with van der Waals surface area (Å²) in [6, 6.07) is 13.2. The van der Waals surface area contributed by atoms with Crippen molar-refractivity contribution in [1.29, 1.82) is 0 Å². The number of nitrogens with zero attached hydrogens (tertiary/aromatic N) is 3. The largest absolute Gasteiger partial charge is 0.306 e. The van der Waals surface area contributed by atoms with Gasteiger partial charge >= 0.3 is 0 Å². The number of hydrogen-bond acceptors (Lipinski definition) is 4. The summed E-state index contributed by atoms with van der Waals surface area (Å²) in [4.78, 5) is 21.9. The van der Waals surface area contributed by atoms with Crippen molar-refractivity contribution in [3.63, 3.8) is 0 Å². The van der Waals surface area contributed by atoms with Gasteiger partial charge in [0.1, 0.15) is 11.5 Å². The molecular weight excluding hydrogens is 308 g/mol. The summed E-state index contributed by atoms with van der Waals surface area (Å²) < 4.78 is 1.89. The Morgan fingerprint density at radius 3 is 2.65 bits per heavy atom. The predicted octanol–water partition coefficient (Wildman–Crippen LogP) is 3.71. The summed E-state index contributed by atoms with van der Waals surface area (Å²) in [5.41, 5.74) is 2.29. The summed E-state index contributed by atoms with van der Waals surface area (Å²) in [5.74, 6) is 0.492. The first-order valence-corrected chi connectivity index (χ1v) is 7.93. The lowest BCUT2D eigenvalue weighted by atomic mass is 10.1. The van der Waals surface area contributed by atoms with Gasteiger partial charge in [-0.25, -0.2) is 4.98 Å². The zero-order valence-corrected chi connectivity index (χ0v) is 12.8. The topological polar surface area (TPSA) is 59.3 Å². The average molecular weight is 320 g/mol. The molecule has 0 aliphatic carbocycles. The first-order valence-electron chi connectivity index (χ1n) is 7.05. The number of nitrogens with one attached hydrogen (secondary N) is 1. The number of fused-ring (bicyclic) bond motifs is 1. The van der Waals surface area contributed by atoms with Crippen molar-refractivity contribution in [3.05, 3.63) is 72.0 Å². The maximum Gasteiger partial charge on any atom is 0.256 e. The Morgan fingerprint density at radius 1 is 1.09 bits per heavy atom. The van der Waals surface area contributed by atoms with Crippen molar-refractivity contribution < 1.29 is 4.79 Å². The van der Waals surface area contributed by atoms with Crippen LogP contribution >= 0.6 is 11.3 Å². The molecule has 0 unspecified atom stereocenters. The Labute approximate surface area is 136 Å². The highest BCUT2D eigenvalue weighted by Crippen LogP contribution is 2.30. The summed E-state index contributed by atoms with van der Waals surface area (Å²) in [6.45, 7) is 0. The van der Waals surface area contributed by atoms with Crippen LogP contribution in [-0.2, 0) is 0 Å². The van der Waals surface area contributed by atoms with Crippen LogP contribution in [0.15, 0.2) is 66.4 Å². The van der Waals surface area contributed by atoms with Crippen LogP contribution in [0.2, 0.25) is 0 Å². The number of carbonyl (C=O) groups is 1.